The zero-order valence-electron chi connectivity index (χ0n) is 23.5. The van der Waals surface area contributed by atoms with Crippen LogP contribution in [-0.2, 0) is 61.9 Å². The summed E-state index contributed by atoms with van der Waals surface area (Å²) in [5.74, 6) is -6.83. The molecule has 6 aliphatic heterocycles. The van der Waals surface area contributed by atoms with Crippen molar-refractivity contribution in [2.45, 2.75) is 127 Å². The lowest BCUT2D eigenvalue weighted by Gasteiger charge is -2.41. The summed E-state index contributed by atoms with van der Waals surface area (Å²) in [4.78, 5) is 0. The van der Waals surface area contributed by atoms with Crippen molar-refractivity contribution in [3.05, 3.63) is 0 Å². The van der Waals surface area contributed by atoms with Crippen molar-refractivity contribution in [2.75, 3.05) is 26.4 Å². The van der Waals surface area contributed by atoms with Crippen LogP contribution < -0.4 is 4.72 Å². The molecular formula is C24H39NO13S. The summed E-state index contributed by atoms with van der Waals surface area (Å²) in [5.41, 5.74) is 0. The van der Waals surface area contributed by atoms with Crippen molar-refractivity contribution in [3.8, 4) is 0 Å². The van der Waals surface area contributed by atoms with E-state index in [4.69, 9.17) is 51.6 Å². The van der Waals surface area contributed by atoms with E-state index in [2.05, 4.69) is 4.72 Å². The van der Waals surface area contributed by atoms with E-state index >= 15 is 0 Å². The standard InChI is InChI=1S/C24H39NO13S/c1-19(2)31-13-9-28-23(17(15(13)33-19)35-21(5,6)37-23)11-25-39(26,27)30-12-24-18(36-22(7,8)38-24)16-14(10-29-24)32-20(3,4)34-16/h13-18,25H,9-12H2,1-8H3/t13-,14-,15-,16-,17+,18+,23+,24+/m1/s1. The summed E-state index contributed by atoms with van der Waals surface area (Å²) in [6.45, 7) is 13.5. The number of hydrogen-bond acceptors (Lipinski definition) is 13. The van der Waals surface area contributed by atoms with Crippen LogP contribution in [-0.4, -0.2) is 106 Å². The molecule has 0 spiro atoms. The quantitative estimate of drug-likeness (QED) is 0.468. The molecule has 6 fully saturated rings. The molecular weight excluding hydrogens is 542 g/mol. The van der Waals surface area contributed by atoms with Gasteiger partial charge in [-0.3, -0.25) is 4.18 Å². The van der Waals surface area contributed by atoms with Crippen molar-refractivity contribution in [1.29, 1.82) is 0 Å². The molecule has 0 aliphatic carbocycles. The van der Waals surface area contributed by atoms with Gasteiger partial charge in [0.05, 0.1) is 19.8 Å². The van der Waals surface area contributed by atoms with Gasteiger partial charge in [-0.05, 0) is 55.4 Å². The average molecular weight is 582 g/mol. The van der Waals surface area contributed by atoms with E-state index in [0.29, 0.717) is 0 Å². The van der Waals surface area contributed by atoms with Crippen LogP contribution >= 0.6 is 0 Å². The highest BCUT2D eigenvalue weighted by atomic mass is 32.2. The van der Waals surface area contributed by atoms with Gasteiger partial charge in [-0.15, -0.1) is 0 Å². The van der Waals surface area contributed by atoms with Crippen LogP contribution in [0.15, 0.2) is 0 Å². The SMILES string of the molecule is CC1(C)O[C@@H]2[C@@H](CO[C@@]3(CNS(=O)(=O)OC[C@@]45OC[C@H]6OC(C)(C)O[C@H]6[C@@H]4OC(C)(C)O5)OC(C)(C)O[C@@H]23)O1. The van der Waals surface area contributed by atoms with E-state index in [1.54, 1.807) is 55.4 Å². The predicted molar refractivity (Wildman–Crippen MR) is 128 cm³/mol. The van der Waals surface area contributed by atoms with Gasteiger partial charge in [0.15, 0.2) is 23.1 Å². The van der Waals surface area contributed by atoms with E-state index in [-0.39, 0.29) is 25.9 Å². The Morgan fingerprint density at radius 3 is 1.67 bits per heavy atom. The second-order valence-electron chi connectivity index (χ2n) is 12.6. The highest BCUT2D eigenvalue weighted by molar-refractivity contribution is 7.84. The van der Waals surface area contributed by atoms with Gasteiger partial charge in [0.1, 0.15) is 43.2 Å². The van der Waals surface area contributed by atoms with Gasteiger partial charge in [0.25, 0.3) is 0 Å². The smallest absolute Gasteiger partial charge is 0.336 e. The maximum absolute atomic E-state index is 13.1. The molecule has 0 amide bonds. The van der Waals surface area contributed by atoms with Gasteiger partial charge in [-0.2, -0.15) is 13.1 Å². The Balaban J connectivity index is 1.15. The minimum atomic E-state index is -4.36. The normalized spacial score (nSPS) is 46.9. The maximum Gasteiger partial charge on any atom is 0.336 e. The molecule has 0 aromatic heterocycles. The summed E-state index contributed by atoms with van der Waals surface area (Å²) >= 11 is 0. The fourth-order valence-corrected chi connectivity index (χ4v) is 7.10. The number of hydrogen-bond donors (Lipinski definition) is 1. The summed E-state index contributed by atoms with van der Waals surface area (Å²) in [6, 6.07) is 0. The molecule has 8 atom stereocenters. The second kappa shape index (κ2) is 8.75. The molecule has 6 rings (SSSR count). The number of nitrogens with one attached hydrogen (secondary N) is 1. The molecule has 224 valence electrons. The second-order valence-corrected chi connectivity index (χ2v) is 14.1. The lowest BCUT2D eigenvalue weighted by molar-refractivity contribution is -0.290. The van der Waals surface area contributed by atoms with Gasteiger partial charge in [-0.1, -0.05) is 0 Å². The summed E-state index contributed by atoms with van der Waals surface area (Å²) in [5, 5.41) is 0. The Hall–Kier alpha value is -0.530. The van der Waals surface area contributed by atoms with Crippen LogP contribution in [0.25, 0.3) is 0 Å². The fourth-order valence-electron chi connectivity index (χ4n) is 6.32. The molecule has 0 unspecified atom stereocenters. The third kappa shape index (κ3) is 5.17. The van der Waals surface area contributed by atoms with Gasteiger partial charge in [0, 0.05) is 0 Å². The number of ether oxygens (including phenoxy) is 10. The van der Waals surface area contributed by atoms with Crippen molar-refractivity contribution in [3.63, 3.8) is 0 Å². The third-order valence-corrected chi connectivity index (χ3v) is 8.39. The van der Waals surface area contributed by atoms with E-state index < -0.39 is 82.2 Å². The average Bonchev–Trinajstić information content (AvgIpc) is 3.45. The summed E-state index contributed by atoms with van der Waals surface area (Å²) < 4.78 is 94.5. The fraction of sp³-hybridized carbons (Fsp3) is 1.00. The Labute approximate surface area is 228 Å². The van der Waals surface area contributed by atoms with Crippen LogP contribution in [0.3, 0.4) is 0 Å². The highest BCUT2D eigenvalue weighted by Crippen LogP contribution is 2.49. The molecule has 0 radical (unpaired) electrons. The molecule has 15 heteroatoms. The molecule has 1 N–H and O–H groups in total. The van der Waals surface area contributed by atoms with Crippen LogP contribution in [0.2, 0.25) is 0 Å². The van der Waals surface area contributed by atoms with Gasteiger partial charge < -0.3 is 47.4 Å². The first kappa shape index (κ1) is 28.6. The first-order valence-corrected chi connectivity index (χ1v) is 14.6. The van der Waals surface area contributed by atoms with E-state index in [9.17, 15) is 8.42 Å². The van der Waals surface area contributed by atoms with Gasteiger partial charge in [-0.25, -0.2) is 0 Å². The number of rotatable bonds is 6. The van der Waals surface area contributed by atoms with E-state index in [1.807, 2.05) is 0 Å². The Morgan fingerprint density at radius 2 is 1.13 bits per heavy atom. The van der Waals surface area contributed by atoms with Crippen molar-refractivity contribution in [2.24, 2.45) is 0 Å². The van der Waals surface area contributed by atoms with E-state index in [1.165, 1.54) is 0 Å². The minimum absolute atomic E-state index is 0.112. The largest absolute Gasteiger partial charge is 0.343 e. The van der Waals surface area contributed by atoms with Crippen molar-refractivity contribution < 1.29 is 60.0 Å². The molecule has 6 heterocycles. The third-order valence-electron chi connectivity index (χ3n) is 7.46. The molecule has 0 aromatic carbocycles. The Morgan fingerprint density at radius 1 is 0.667 bits per heavy atom. The molecule has 0 saturated carbocycles. The van der Waals surface area contributed by atoms with Gasteiger partial charge in [0.2, 0.25) is 11.6 Å². The van der Waals surface area contributed by atoms with Crippen molar-refractivity contribution in [1.82, 2.24) is 4.72 Å². The molecule has 0 bridgehead atoms. The highest BCUT2D eigenvalue weighted by Gasteiger charge is 2.67. The molecule has 0 aromatic rings. The summed E-state index contributed by atoms with van der Waals surface area (Å²) in [7, 11) is -4.36. The maximum atomic E-state index is 13.1. The van der Waals surface area contributed by atoms with Gasteiger partial charge >= 0.3 is 10.3 Å². The molecule has 14 nitrogen and oxygen atoms in total. The zero-order chi connectivity index (χ0) is 28.3. The van der Waals surface area contributed by atoms with E-state index in [0.717, 1.165) is 0 Å². The summed E-state index contributed by atoms with van der Waals surface area (Å²) in [6.07, 6.45) is -3.40. The Kier molecular flexibility index (Phi) is 6.41. The lowest BCUT2D eigenvalue weighted by atomic mass is 9.97. The molecule has 6 saturated heterocycles. The van der Waals surface area contributed by atoms with Crippen LogP contribution in [0, 0.1) is 0 Å². The first-order valence-electron chi connectivity index (χ1n) is 13.2. The Bertz CT molecular complexity index is 1020. The van der Waals surface area contributed by atoms with Crippen LogP contribution in [0.5, 0.6) is 0 Å². The van der Waals surface area contributed by atoms with Crippen molar-refractivity contribution >= 4 is 10.3 Å². The minimum Gasteiger partial charge on any atom is -0.343 e. The molecule has 6 aliphatic rings. The van der Waals surface area contributed by atoms with Crippen LogP contribution in [0.4, 0.5) is 0 Å². The monoisotopic (exact) mass is 581 g/mol. The predicted octanol–water partition coefficient (Wildman–Crippen LogP) is 0.634. The zero-order valence-corrected chi connectivity index (χ0v) is 24.3. The van der Waals surface area contributed by atoms with Crippen LogP contribution in [0.1, 0.15) is 55.4 Å². The topological polar surface area (TPSA) is 148 Å². The first-order chi connectivity index (χ1) is 17.8. The number of fused-ring (bicyclic) bond motifs is 6. The molecule has 39 heavy (non-hydrogen) atoms. The lowest BCUT2D eigenvalue weighted by Crippen LogP contribution is -2.63.